The number of fused-ring (bicyclic) bond motifs is 1. The van der Waals surface area contributed by atoms with Gasteiger partial charge in [0.15, 0.2) is 5.78 Å². The standard InChI is InChI=1S/C19H18N4O3S/c1-10-8-13(9-26-3)15-16(23-20)17(27-19(15)21-10)18(25)22-14-6-4-12(5-7-14)11(2)24/h4-8,20H,9H2,1-3H3,(H,22,25). The Morgan fingerprint density at radius 1 is 1.30 bits per heavy atom. The number of nitrogens with one attached hydrogen (secondary N) is 2. The number of pyridine rings is 1. The lowest BCUT2D eigenvalue weighted by molar-refractivity contribution is 0.101. The number of ketones is 1. The predicted octanol–water partition coefficient (Wildman–Crippen LogP) is 4.87. The SMILES string of the molecule is COCc1cc(C)nc2sc(C(=O)Nc3ccc(C(C)=O)cc3)c(N=N)c12. The smallest absolute Gasteiger partial charge is 0.268 e. The number of carbonyl (C=O) groups excluding carboxylic acids is 2. The van der Waals surface area contributed by atoms with Gasteiger partial charge < -0.3 is 10.1 Å². The van der Waals surface area contributed by atoms with Gasteiger partial charge in [-0.3, -0.25) is 9.59 Å². The first-order valence-corrected chi connectivity index (χ1v) is 8.98. The minimum atomic E-state index is -0.374. The number of thiophene rings is 1. The molecule has 1 amide bonds. The van der Waals surface area contributed by atoms with Crippen molar-refractivity contribution >= 4 is 44.6 Å². The minimum absolute atomic E-state index is 0.0419. The third kappa shape index (κ3) is 3.76. The number of methoxy groups -OCH3 is 1. The molecule has 8 heteroatoms. The molecule has 3 aromatic rings. The van der Waals surface area contributed by atoms with E-state index in [1.807, 2.05) is 13.0 Å². The van der Waals surface area contributed by atoms with Gasteiger partial charge in [-0.15, -0.1) is 11.3 Å². The van der Waals surface area contributed by atoms with Crippen molar-refractivity contribution in [3.63, 3.8) is 0 Å². The monoisotopic (exact) mass is 382 g/mol. The second-order valence-electron chi connectivity index (χ2n) is 6.02. The van der Waals surface area contributed by atoms with Gasteiger partial charge in [-0.25, -0.2) is 10.5 Å². The molecule has 0 radical (unpaired) electrons. The van der Waals surface area contributed by atoms with Crippen LogP contribution in [0.5, 0.6) is 0 Å². The molecule has 0 atom stereocenters. The Balaban J connectivity index is 2.00. The highest BCUT2D eigenvalue weighted by Crippen LogP contribution is 2.40. The number of aryl methyl sites for hydroxylation is 1. The molecule has 2 aromatic heterocycles. The number of benzene rings is 1. The zero-order chi connectivity index (χ0) is 19.6. The van der Waals surface area contributed by atoms with E-state index < -0.39 is 0 Å². The lowest BCUT2D eigenvalue weighted by atomic mass is 10.1. The summed E-state index contributed by atoms with van der Waals surface area (Å²) in [5.41, 5.74) is 10.6. The predicted molar refractivity (Wildman–Crippen MR) is 104 cm³/mol. The van der Waals surface area contributed by atoms with Crippen LogP contribution in [0.15, 0.2) is 35.4 Å². The van der Waals surface area contributed by atoms with E-state index in [2.05, 4.69) is 15.4 Å². The van der Waals surface area contributed by atoms with Crippen LogP contribution in [0.2, 0.25) is 0 Å². The quantitative estimate of drug-likeness (QED) is 0.469. The number of Topliss-reactive ketones (excluding diaryl/α,β-unsaturated/α-hetero) is 1. The van der Waals surface area contributed by atoms with E-state index in [0.29, 0.717) is 33.0 Å². The largest absolute Gasteiger partial charge is 0.380 e. The summed E-state index contributed by atoms with van der Waals surface area (Å²) < 4.78 is 5.23. The van der Waals surface area contributed by atoms with Gasteiger partial charge in [0.1, 0.15) is 15.4 Å². The van der Waals surface area contributed by atoms with Crippen molar-refractivity contribution in [1.82, 2.24) is 4.98 Å². The van der Waals surface area contributed by atoms with Gasteiger partial charge in [0.05, 0.1) is 6.61 Å². The fourth-order valence-electron chi connectivity index (χ4n) is 2.80. The summed E-state index contributed by atoms with van der Waals surface area (Å²) in [6, 6.07) is 8.51. The molecule has 1 aromatic carbocycles. The zero-order valence-corrected chi connectivity index (χ0v) is 15.9. The van der Waals surface area contributed by atoms with Gasteiger partial charge in [-0.1, -0.05) is 0 Å². The van der Waals surface area contributed by atoms with Crippen molar-refractivity contribution in [2.24, 2.45) is 5.11 Å². The summed E-state index contributed by atoms with van der Waals surface area (Å²) in [4.78, 5) is 29.6. The first-order chi connectivity index (χ1) is 12.9. The first kappa shape index (κ1) is 18.8. The van der Waals surface area contributed by atoms with E-state index in [1.54, 1.807) is 31.4 Å². The molecule has 27 heavy (non-hydrogen) atoms. The Morgan fingerprint density at radius 3 is 2.59 bits per heavy atom. The van der Waals surface area contributed by atoms with Crippen LogP contribution in [0.25, 0.3) is 10.2 Å². The molecule has 0 unspecified atom stereocenters. The van der Waals surface area contributed by atoms with E-state index in [9.17, 15) is 9.59 Å². The number of rotatable bonds is 6. The molecule has 0 saturated heterocycles. The number of hydrogen-bond donors (Lipinski definition) is 2. The van der Waals surface area contributed by atoms with E-state index in [-0.39, 0.29) is 17.4 Å². The first-order valence-electron chi connectivity index (χ1n) is 8.16. The van der Waals surface area contributed by atoms with E-state index in [0.717, 1.165) is 11.3 Å². The number of carbonyl (C=O) groups is 2. The van der Waals surface area contributed by atoms with Crippen LogP contribution in [0.1, 0.15) is 38.2 Å². The lowest BCUT2D eigenvalue weighted by Crippen LogP contribution is -2.10. The van der Waals surface area contributed by atoms with Crippen LogP contribution >= 0.6 is 11.3 Å². The number of hydrogen-bond acceptors (Lipinski definition) is 7. The Bertz CT molecular complexity index is 1040. The van der Waals surface area contributed by atoms with E-state index in [1.165, 1.54) is 18.3 Å². The van der Waals surface area contributed by atoms with E-state index in [4.69, 9.17) is 10.3 Å². The summed E-state index contributed by atoms with van der Waals surface area (Å²) in [6.45, 7) is 3.69. The number of aromatic nitrogens is 1. The average molecular weight is 382 g/mol. The third-order valence-corrected chi connectivity index (χ3v) is 5.09. The minimum Gasteiger partial charge on any atom is -0.380 e. The Morgan fingerprint density at radius 2 is 2.00 bits per heavy atom. The molecule has 2 N–H and O–H groups in total. The van der Waals surface area contributed by atoms with Crippen LogP contribution < -0.4 is 5.32 Å². The average Bonchev–Trinajstić information content (AvgIpc) is 3.01. The second kappa shape index (κ2) is 7.73. The van der Waals surface area contributed by atoms with Gasteiger partial charge in [0.25, 0.3) is 5.91 Å². The molecule has 0 fully saturated rings. The van der Waals surface area contributed by atoms with Gasteiger partial charge in [0.2, 0.25) is 0 Å². The molecule has 138 valence electrons. The maximum absolute atomic E-state index is 12.8. The van der Waals surface area contributed by atoms with Crippen molar-refractivity contribution in [3.05, 3.63) is 52.0 Å². The normalized spacial score (nSPS) is 10.8. The molecule has 0 saturated carbocycles. The maximum Gasteiger partial charge on any atom is 0.268 e. The highest BCUT2D eigenvalue weighted by atomic mass is 32.1. The maximum atomic E-state index is 12.8. The summed E-state index contributed by atoms with van der Waals surface area (Å²) >= 11 is 1.19. The molecule has 2 heterocycles. The summed E-state index contributed by atoms with van der Waals surface area (Å²) in [5, 5.41) is 7.04. The van der Waals surface area contributed by atoms with E-state index >= 15 is 0 Å². The number of anilines is 1. The highest BCUT2D eigenvalue weighted by molar-refractivity contribution is 7.21. The summed E-state index contributed by atoms with van der Waals surface area (Å²) in [6.07, 6.45) is 0. The van der Waals surface area contributed by atoms with Crippen LogP contribution in [0, 0.1) is 12.5 Å². The van der Waals surface area contributed by atoms with Gasteiger partial charge in [-0.2, -0.15) is 5.11 Å². The topological polar surface area (TPSA) is 104 Å². The van der Waals surface area contributed by atoms with Crippen molar-refractivity contribution in [2.75, 3.05) is 12.4 Å². The molecular weight excluding hydrogens is 364 g/mol. The molecule has 0 bridgehead atoms. The second-order valence-corrected chi connectivity index (χ2v) is 7.01. The fourth-order valence-corrected chi connectivity index (χ4v) is 3.90. The van der Waals surface area contributed by atoms with Crippen LogP contribution in [0.4, 0.5) is 11.4 Å². The summed E-state index contributed by atoms with van der Waals surface area (Å²) in [7, 11) is 1.59. The van der Waals surface area contributed by atoms with Gasteiger partial charge in [0, 0.05) is 29.4 Å². The van der Waals surface area contributed by atoms with Crippen molar-refractivity contribution < 1.29 is 14.3 Å². The molecular formula is C19H18N4O3S. The Hall–Kier alpha value is -2.97. The molecule has 0 aliphatic heterocycles. The lowest BCUT2D eigenvalue weighted by Gasteiger charge is -2.06. The van der Waals surface area contributed by atoms with Crippen molar-refractivity contribution in [2.45, 2.75) is 20.5 Å². The summed E-state index contributed by atoms with van der Waals surface area (Å²) in [5.74, 6) is -0.416. The number of nitrogens with zero attached hydrogens (tertiary/aromatic N) is 2. The molecule has 0 aliphatic carbocycles. The fraction of sp³-hybridized carbons (Fsp3) is 0.211. The van der Waals surface area contributed by atoms with Crippen molar-refractivity contribution in [1.29, 1.82) is 5.53 Å². The molecule has 3 rings (SSSR count). The van der Waals surface area contributed by atoms with Gasteiger partial charge in [-0.05, 0) is 49.7 Å². The third-order valence-electron chi connectivity index (χ3n) is 4.01. The zero-order valence-electron chi connectivity index (χ0n) is 15.1. The molecule has 0 aliphatic rings. The molecule has 7 nitrogen and oxygen atoms in total. The van der Waals surface area contributed by atoms with Crippen LogP contribution in [-0.2, 0) is 11.3 Å². The van der Waals surface area contributed by atoms with Gasteiger partial charge >= 0.3 is 0 Å². The Labute approximate surface area is 159 Å². The highest BCUT2D eigenvalue weighted by Gasteiger charge is 2.22. The number of ether oxygens (including phenoxy) is 1. The van der Waals surface area contributed by atoms with Crippen LogP contribution in [-0.4, -0.2) is 23.8 Å². The van der Waals surface area contributed by atoms with Crippen molar-refractivity contribution in [3.8, 4) is 0 Å². The van der Waals surface area contributed by atoms with Crippen LogP contribution in [0.3, 0.4) is 0 Å². The number of amides is 1. The molecule has 0 spiro atoms. The Kier molecular flexibility index (Phi) is 5.38.